The largest absolute Gasteiger partial charge is 0.493 e. The molecule has 88 valence electrons. The standard InChI is InChI=1S/C12H15NO2.ClH/c1-7-5-8(2)11-10(6-7)15-4-3-9(13)12(11)14;/h5-6,9H,3-4,13H2,1-2H3;1H. The van der Waals surface area contributed by atoms with Crippen LogP contribution in [-0.4, -0.2) is 18.4 Å². The number of fused-ring (bicyclic) bond motifs is 1. The maximum absolute atomic E-state index is 12.0. The van der Waals surface area contributed by atoms with Crippen molar-refractivity contribution in [2.24, 2.45) is 5.73 Å². The fourth-order valence-electron chi connectivity index (χ4n) is 1.97. The molecule has 0 saturated carbocycles. The minimum atomic E-state index is -0.423. The third-order valence-electron chi connectivity index (χ3n) is 2.71. The summed E-state index contributed by atoms with van der Waals surface area (Å²) in [4.78, 5) is 12.0. The molecule has 1 aliphatic heterocycles. The van der Waals surface area contributed by atoms with Crippen molar-refractivity contribution in [3.8, 4) is 5.75 Å². The van der Waals surface area contributed by atoms with E-state index in [1.54, 1.807) is 0 Å². The first kappa shape index (κ1) is 13.0. The van der Waals surface area contributed by atoms with Gasteiger partial charge in [-0.1, -0.05) is 6.07 Å². The van der Waals surface area contributed by atoms with Crippen LogP contribution in [0.3, 0.4) is 0 Å². The lowest BCUT2D eigenvalue weighted by Crippen LogP contribution is -2.30. The zero-order valence-corrected chi connectivity index (χ0v) is 10.3. The van der Waals surface area contributed by atoms with Crippen molar-refractivity contribution in [2.75, 3.05) is 6.61 Å². The van der Waals surface area contributed by atoms with Gasteiger partial charge in [0.15, 0.2) is 5.78 Å². The Kier molecular flexibility index (Phi) is 3.94. The molecule has 1 unspecified atom stereocenters. The van der Waals surface area contributed by atoms with Gasteiger partial charge in [0.2, 0.25) is 0 Å². The number of nitrogens with two attached hydrogens (primary N) is 1. The lowest BCUT2D eigenvalue weighted by molar-refractivity contribution is 0.0960. The average Bonchev–Trinajstić information content (AvgIpc) is 2.27. The first-order valence-electron chi connectivity index (χ1n) is 5.13. The van der Waals surface area contributed by atoms with Gasteiger partial charge in [0.25, 0.3) is 0 Å². The molecule has 1 aliphatic rings. The molecule has 0 amide bonds. The van der Waals surface area contributed by atoms with E-state index < -0.39 is 6.04 Å². The topological polar surface area (TPSA) is 52.3 Å². The molecule has 0 aromatic heterocycles. The lowest BCUT2D eigenvalue weighted by Gasteiger charge is -2.10. The maximum atomic E-state index is 12.0. The third kappa shape index (κ3) is 2.20. The van der Waals surface area contributed by atoms with E-state index in [0.717, 1.165) is 11.1 Å². The molecule has 4 heteroatoms. The number of hydrogen-bond acceptors (Lipinski definition) is 3. The molecule has 0 saturated heterocycles. The Balaban J connectivity index is 0.00000128. The zero-order chi connectivity index (χ0) is 11.0. The summed E-state index contributed by atoms with van der Waals surface area (Å²) in [7, 11) is 0. The lowest BCUT2D eigenvalue weighted by atomic mass is 9.97. The van der Waals surface area contributed by atoms with E-state index in [0.29, 0.717) is 24.3 Å². The summed E-state index contributed by atoms with van der Waals surface area (Å²) in [6, 6.07) is 3.46. The van der Waals surface area contributed by atoms with Crippen molar-refractivity contribution in [2.45, 2.75) is 26.3 Å². The molecule has 1 atom stereocenters. The highest BCUT2D eigenvalue weighted by Gasteiger charge is 2.25. The van der Waals surface area contributed by atoms with E-state index in [1.807, 2.05) is 26.0 Å². The van der Waals surface area contributed by atoms with Gasteiger partial charge in [-0.2, -0.15) is 0 Å². The molecule has 0 fully saturated rings. The van der Waals surface area contributed by atoms with Crippen LogP contribution in [-0.2, 0) is 0 Å². The first-order chi connectivity index (χ1) is 7.09. The summed E-state index contributed by atoms with van der Waals surface area (Å²) < 4.78 is 5.55. The van der Waals surface area contributed by atoms with Gasteiger partial charge in [-0.3, -0.25) is 4.79 Å². The van der Waals surface area contributed by atoms with E-state index in [-0.39, 0.29) is 18.2 Å². The Morgan fingerprint density at radius 1 is 1.38 bits per heavy atom. The van der Waals surface area contributed by atoms with Crippen LogP contribution in [0.25, 0.3) is 0 Å². The highest BCUT2D eigenvalue weighted by Crippen LogP contribution is 2.28. The number of carbonyl (C=O) groups is 1. The molecule has 0 spiro atoms. The Hall–Kier alpha value is -1.06. The molecule has 1 aromatic carbocycles. The van der Waals surface area contributed by atoms with Crippen LogP contribution in [0, 0.1) is 13.8 Å². The summed E-state index contributed by atoms with van der Waals surface area (Å²) >= 11 is 0. The summed E-state index contributed by atoms with van der Waals surface area (Å²) in [5.41, 5.74) is 8.49. The van der Waals surface area contributed by atoms with Crippen molar-refractivity contribution in [3.05, 3.63) is 28.8 Å². The highest BCUT2D eigenvalue weighted by atomic mass is 35.5. The van der Waals surface area contributed by atoms with Crippen molar-refractivity contribution < 1.29 is 9.53 Å². The monoisotopic (exact) mass is 241 g/mol. The number of carbonyl (C=O) groups excluding carboxylic acids is 1. The van der Waals surface area contributed by atoms with Gasteiger partial charge < -0.3 is 10.5 Å². The van der Waals surface area contributed by atoms with E-state index in [9.17, 15) is 4.79 Å². The number of rotatable bonds is 0. The van der Waals surface area contributed by atoms with Gasteiger partial charge in [-0.15, -0.1) is 12.4 Å². The molecule has 3 nitrogen and oxygen atoms in total. The van der Waals surface area contributed by atoms with Gasteiger partial charge in [-0.05, 0) is 31.0 Å². The number of ketones is 1. The Labute approximate surface area is 101 Å². The van der Waals surface area contributed by atoms with Crippen molar-refractivity contribution >= 4 is 18.2 Å². The molecule has 0 aliphatic carbocycles. The molecule has 2 N–H and O–H groups in total. The van der Waals surface area contributed by atoms with E-state index >= 15 is 0 Å². The fourth-order valence-corrected chi connectivity index (χ4v) is 1.97. The van der Waals surface area contributed by atoms with Crippen LogP contribution in [0.1, 0.15) is 27.9 Å². The quantitative estimate of drug-likeness (QED) is 0.756. The van der Waals surface area contributed by atoms with Gasteiger partial charge in [0.1, 0.15) is 5.75 Å². The number of halogens is 1. The number of Topliss-reactive ketones (excluding diaryl/α,β-unsaturated/α-hetero) is 1. The van der Waals surface area contributed by atoms with E-state index in [4.69, 9.17) is 10.5 Å². The van der Waals surface area contributed by atoms with Crippen molar-refractivity contribution in [1.29, 1.82) is 0 Å². The molecule has 1 heterocycles. The zero-order valence-electron chi connectivity index (χ0n) is 9.45. The van der Waals surface area contributed by atoms with Crippen LogP contribution in [0.4, 0.5) is 0 Å². The second kappa shape index (κ2) is 4.85. The minimum Gasteiger partial charge on any atom is -0.493 e. The molecular formula is C12H16ClNO2. The summed E-state index contributed by atoms with van der Waals surface area (Å²) in [5, 5.41) is 0. The van der Waals surface area contributed by atoms with Crippen LogP contribution in [0.2, 0.25) is 0 Å². The van der Waals surface area contributed by atoms with Gasteiger partial charge in [0.05, 0.1) is 18.2 Å². The molecule has 2 rings (SSSR count). The summed E-state index contributed by atoms with van der Waals surface area (Å²) in [6.45, 7) is 4.43. The van der Waals surface area contributed by atoms with E-state index in [1.165, 1.54) is 0 Å². The van der Waals surface area contributed by atoms with Crippen LogP contribution < -0.4 is 10.5 Å². The fraction of sp³-hybridized carbons (Fsp3) is 0.417. The number of hydrogen-bond donors (Lipinski definition) is 1. The molecular weight excluding hydrogens is 226 g/mol. The summed E-state index contributed by atoms with van der Waals surface area (Å²) in [5.74, 6) is 0.686. The van der Waals surface area contributed by atoms with Gasteiger partial charge in [-0.25, -0.2) is 0 Å². The smallest absolute Gasteiger partial charge is 0.183 e. The van der Waals surface area contributed by atoms with Gasteiger partial charge >= 0.3 is 0 Å². The Morgan fingerprint density at radius 2 is 2.06 bits per heavy atom. The predicted octanol–water partition coefficient (Wildman–Crippen LogP) is 2.02. The second-order valence-electron chi connectivity index (χ2n) is 4.06. The maximum Gasteiger partial charge on any atom is 0.183 e. The first-order valence-corrected chi connectivity index (χ1v) is 5.13. The average molecular weight is 242 g/mol. The number of benzene rings is 1. The SMILES string of the molecule is Cc1cc(C)c2c(c1)OCCC(N)C2=O.Cl. The number of aryl methyl sites for hydroxylation is 2. The minimum absolute atomic E-state index is 0. The van der Waals surface area contributed by atoms with Crippen molar-refractivity contribution in [1.82, 2.24) is 0 Å². The highest BCUT2D eigenvalue weighted by molar-refractivity contribution is 6.03. The summed E-state index contributed by atoms with van der Waals surface area (Å²) in [6.07, 6.45) is 0.589. The third-order valence-corrected chi connectivity index (χ3v) is 2.71. The number of ether oxygens (including phenoxy) is 1. The van der Waals surface area contributed by atoms with Crippen LogP contribution in [0.15, 0.2) is 12.1 Å². The molecule has 0 bridgehead atoms. The Bertz CT molecular complexity index is 418. The van der Waals surface area contributed by atoms with E-state index in [2.05, 4.69) is 0 Å². The molecule has 1 aromatic rings. The van der Waals surface area contributed by atoms with Crippen LogP contribution >= 0.6 is 12.4 Å². The predicted molar refractivity (Wildman–Crippen MR) is 65.6 cm³/mol. The molecule has 16 heavy (non-hydrogen) atoms. The van der Waals surface area contributed by atoms with Crippen LogP contribution in [0.5, 0.6) is 5.75 Å². The van der Waals surface area contributed by atoms with Gasteiger partial charge in [0, 0.05) is 6.42 Å². The molecule has 0 radical (unpaired) electrons. The van der Waals surface area contributed by atoms with Crippen molar-refractivity contribution in [3.63, 3.8) is 0 Å². The Morgan fingerprint density at radius 3 is 2.75 bits per heavy atom. The normalized spacial score (nSPS) is 19.2. The second-order valence-corrected chi connectivity index (χ2v) is 4.06.